The lowest BCUT2D eigenvalue weighted by atomic mass is 10.00. The molecule has 0 aromatic heterocycles. The van der Waals surface area contributed by atoms with Crippen LogP contribution in [0.1, 0.15) is 147 Å². The Hall–Kier alpha value is -9.43. The summed E-state index contributed by atoms with van der Waals surface area (Å²) >= 11 is 1.34. The van der Waals surface area contributed by atoms with Gasteiger partial charge in [0.15, 0.2) is 5.96 Å². The Bertz CT molecular complexity index is 3320. The number of aromatic hydroxyl groups is 1. The van der Waals surface area contributed by atoms with E-state index in [1.807, 2.05) is 0 Å². The Morgan fingerprint density at radius 1 is 0.505 bits per heavy atom. The standard InChI is InChI=1S/C72H118N20O16S/c1-42(2)57(89-67(103)58(43(3)93)90-64(100)54(41-45-27-29-46(94)30-28-45)88-65(101)55-25-16-37-91(55)68(104)47(76)20-8-11-32-73)66(102)85-50(24-15-36-81-72(79)108)59(95)82-48(21-9-12-33-74)61(97)87-53(40-44-18-6-5-7-19-44)63(99)84-51(31-39-109-4)62(98)83-49(23-14-35-80-71(77)78)60(96)86-52(22-10-13-34-75)69(105)92-38-17-26-56(92)70(106)107/h5-7,18-19,27-30,42-43,47-58,93-94H,8-17,20-26,31-41,73-76H2,1-4H3,(H,82,95)(H,83,98)(H,84,99)(H,85,102)(H,86,96)(H,87,97)(H,88,101)(H,89,103)(H,90,100)(H,106,107)(H4,77,78,80)(H3,79,81,108)/t43-,47+,48+,49+,50+,51+,52+,53+,54+,55+,56+,57+,58+/m1/s1. The number of carbonyl (C=O) groups excluding carboxylic acids is 12. The largest absolute Gasteiger partial charge is 0.508 e. The number of nitrogens with zero attached hydrogens (tertiary/aromatic N) is 3. The lowest BCUT2D eigenvalue weighted by Gasteiger charge is -2.30. The number of nitrogens with two attached hydrogens (primary N) is 7. The van der Waals surface area contributed by atoms with E-state index >= 15 is 0 Å². The molecular weight excluding hydrogens is 1430 g/mol. The molecule has 2 aromatic carbocycles. The Kier molecular flexibility index (Phi) is 41.2. The summed E-state index contributed by atoms with van der Waals surface area (Å²) in [6, 6.07) is -2.68. The molecule has 109 heavy (non-hydrogen) atoms. The van der Waals surface area contributed by atoms with Crippen LogP contribution in [0.4, 0.5) is 4.79 Å². The van der Waals surface area contributed by atoms with Crippen molar-refractivity contribution in [3.05, 3.63) is 65.7 Å². The van der Waals surface area contributed by atoms with Crippen molar-refractivity contribution in [1.29, 1.82) is 0 Å². The fourth-order valence-corrected chi connectivity index (χ4v) is 13.1. The maximum atomic E-state index is 14.9. The number of aliphatic hydroxyl groups is 1. The van der Waals surface area contributed by atoms with Gasteiger partial charge in [-0.3, -0.25) is 57.7 Å². The number of urea groups is 1. The number of likely N-dealkylation sites (tertiary alicyclic amines) is 2. The quantitative estimate of drug-likeness (QED) is 0.0175. The molecule has 0 radical (unpaired) electrons. The number of nitrogens with one attached hydrogen (secondary N) is 10. The van der Waals surface area contributed by atoms with Gasteiger partial charge in [0.25, 0.3) is 0 Å². The van der Waals surface area contributed by atoms with Crippen molar-refractivity contribution in [3.8, 4) is 5.75 Å². The van der Waals surface area contributed by atoms with Crippen LogP contribution in [0.2, 0.25) is 0 Å². The van der Waals surface area contributed by atoms with Gasteiger partial charge in [0.1, 0.15) is 72.2 Å². The third kappa shape index (κ3) is 32.0. The number of aliphatic carboxylic acids is 1. The molecule has 2 aromatic rings. The zero-order valence-electron chi connectivity index (χ0n) is 63.0. The number of aliphatic hydroxyl groups excluding tert-OH is 1. The molecule has 608 valence electrons. The van der Waals surface area contributed by atoms with Crippen molar-refractivity contribution in [2.45, 2.75) is 228 Å². The first-order valence-electron chi connectivity index (χ1n) is 37.5. The van der Waals surface area contributed by atoms with Gasteiger partial charge < -0.3 is 118 Å². The zero-order chi connectivity index (χ0) is 80.7. The lowest BCUT2D eigenvalue weighted by molar-refractivity contribution is -0.149. The summed E-state index contributed by atoms with van der Waals surface area (Å²) in [6.07, 6.45) is 4.12. The molecule has 37 heteroatoms. The van der Waals surface area contributed by atoms with Crippen LogP contribution in [-0.4, -0.2) is 244 Å². The topological polar surface area (TPSA) is 604 Å². The zero-order valence-corrected chi connectivity index (χ0v) is 63.8. The molecule has 13 atom stereocenters. The fraction of sp³-hybridized carbons (Fsp3) is 0.639. The number of guanidine groups is 1. The maximum absolute atomic E-state index is 14.9. The summed E-state index contributed by atoms with van der Waals surface area (Å²) in [7, 11) is 0. The van der Waals surface area contributed by atoms with Crippen LogP contribution in [0.5, 0.6) is 5.75 Å². The van der Waals surface area contributed by atoms with Gasteiger partial charge in [-0.1, -0.05) is 62.7 Å². The maximum Gasteiger partial charge on any atom is 0.326 e. The number of carboxylic acid groups (broad SMARTS) is 1. The van der Waals surface area contributed by atoms with Gasteiger partial charge in [-0.2, -0.15) is 11.8 Å². The molecule has 2 heterocycles. The smallest absolute Gasteiger partial charge is 0.326 e. The average Bonchev–Trinajstić information content (AvgIpc) is 1.79. The van der Waals surface area contributed by atoms with Crippen LogP contribution < -0.4 is 93.3 Å². The number of primary amides is 1. The molecule has 0 bridgehead atoms. The van der Waals surface area contributed by atoms with Crippen LogP contribution in [0.3, 0.4) is 0 Å². The SMILES string of the molecule is CSCC[C@H](NC(=O)[C@H](Cc1ccccc1)NC(=O)[C@H](CCCCN)NC(=O)[C@H](CCCNC(N)=O)NC(=O)[C@@H](NC(=O)[C@@H](NC(=O)[C@H](Cc1ccc(O)cc1)NC(=O)[C@@H]1CCCN1C(=O)[C@@H](N)CCCCN)[C@@H](C)O)C(C)C)C(=O)N[C@@H](CCCN=C(N)N)C(=O)N[C@@H](CCCCN)C(=O)N1CCC[C@H]1C(=O)O. The monoisotopic (exact) mass is 1550 g/mol. The number of amides is 13. The van der Waals surface area contributed by atoms with E-state index in [1.165, 1.54) is 52.8 Å². The number of hydrogen-bond acceptors (Lipinski definition) is 21. The van der Waals surface area contributed by atoms with Gasteiger partial charge in [-0.15, -0.1) is 0 Å². The van der Waals surface area contributed by atoms with Gasteiger partial charge in [-0.05, 0) is 177 Å². The Labute approximate surface area is 640 Å². The normalized spacial score (nSPS) is 17.0. The third-order valence-corrected chi connectivity index (χ3v) is 19.4. The summed E-state index contributed by atoms with van der Waals surface area (Å²) in [5, 5.41) is 57.8. The first kappa shape index (κ1) is 92.0. The number of carbonyl (C=O) groups is 13. The number of phenols is 1. The molecule has 4 rings (SSSR count). The number of aliphatic imine (C=N–C) groups is 1. The minimum atomic E-state index is -1.79. The molecule has 0 unspecified atom stereocenters. The highest BCUT2D eigenvalue weighted by molar-refractivity contribution is 7.98. The second kappa shape index (κ2) is 48.9. The summed E-state index contributed by atoms with van der Waals surface area (Å²) in [5.41, 5.74) is 41.1. The van der Waals surface area contributed by atoms with Crippen molar-refractivity contribution in [2.75, 3.05) is 57.8 Å². The van der Waals surface area contributed by atoms with Crippen LogP contribution >= 0.6 is 11.8 Å². The van der Waals surface area contributed by atoms with Crippen LogP contribution in [0, 0.1) is 5.92 Å². The molecular formula is C72H118N20O16S. The summed E-state index contributed by atoms with van der Waals surface area (Å²) in [4.78, 5) is 190. The molecule has 0 spiro atoms. The molecule has 0 saturated carbocycles. The van der Waals surface area contributed by atoms with Crippen molar-refractivity contribution in [3.63, 3.8) is 0 Å². The predicted molar refractivity (Wildman–Crippen MR) is 409 cm³/mol. The van der Waals surface area contributed by atoms with Crippen molar-refractivity contribution >= 4 is 94.7 Å². The number of rotatable bonds is 50. The van der Waals surface area contributed by atoms with E-state index in [2.05, 4.69) is 58.2 Å². The highest BCUT2D eigenvalue weighted by Crippen LogP contribution is 2.23. The summed E-state index contributed by atoms with van der Waals surface area (Å²) in [6.45, 7) is 5.53. The molecule has 13 amide bonds. The second-order valence-corrected chi connectivity index (χ2v) is 28.8. The number of benzene rings is 2. The molecule has 2 aliphatic heterocycles. The van der Waals surface area contributed by atoms with Crippen molar-refractivity contribution < 1.29 is 77.6 Å². The molecule has 2 aliphatic rings. The van der Waals surface area contributed by atoms with E-state index in [9.17, 15) is 77.6 Å². The van der Waals surface area contributed by atoms with Crippen molar-refractivity contribution in [1.82, 2.24) is 63.0 Å². The fourth-order valence-electron chi connectivity index (χ4n) is 12.7. The first-order chi connectivity index (χ1) is 51.9. The van der Waals surface area contributed by atoms with Crippen LogP contribution in [-0.2, 0) is 70.4 Å². The third-order valence-electron chi connectivity index (χ3n) is 18.7. The van der Waals surface area contributed by atoms with Gasteiger partial charge in [0.05, 0.1) is 12.1 Å². The highest BCUT2D eigenvalue weighted by atomic mass is 32.2. The number of phenolic OH excluding ortho intramolecular Hbond substituents is 1. The molecule has 36 nitrogen and oxygen atoms in total. The van der Waals surface area contributed by atoms with Crippen LogP contribution in [0.15, 0.2) is 59.6 Å². The second-order valence-electron chi connectivity index (χ2n) is 27.8. The van der Waals surface area contributed by atoms with Gasteiger partial charge in [0, 0.05) is 39.0 Å². The summed E-state index contributed by atoms with van der Waals surface area (Å²) in [5.74, 6) is -10.9. The van der Waals surface area contributed by atoms with Crippen LogP contribution in [0.25, 0.3) is 0 Å². The minimum Gasteiger partial charge on any atom is -0.508 e. The van der Waals surface area contributed by atoms with E-state index in [0.29, 0.717) is 74.8 Å². The van der Waals surface area contributed by atoms with Gasteiger partial charge in [-0.25, -0.2) is 9.59 Å². The molecule has 2 saturated heterocycles. The number of hydrogen-bond donors (Lipinski definition) is 20. The molecule has 27 N–H and O–H groups in total. The minimum absolute atomic E-state index is 0.00117. The lowest BCUT2D eigenvalue weighted by Crippen LogP contribution is -2.62. The van der Waals surface area contributed by atoms with Gasteiger partial charge >= 0.3 is 12.0 Å². The Morgan fingerprint density at radius 3 is 1.45 bits per heavy atom. The van der Waals surface area contributed by atoms with E-state index in [-0.39, 0.29) is 128 Å². The summed E-state index contributed by atoms with van der Waals surface area (Å²) < 4.78 is 0. The van der Waals surface area contributed by atoms with E-state index in [4.69, 9.17) is 40.1 Å². The van der Waals surface area contributed by atoms with E-state index < -0.39 is 162 Å². The van der Waals surface area contributed by atoms with E-state index in [1.54, 1.807) is 50.4 Å². The van der Waals surface area contributed by atoms with E-state index in [0.717, 1.165) is 0 Å². The number of thioether (sulfide) groups is 1. The average molecular weight is 1550 g/mol. The van der Waals surface area contributed by atoms with Crippen molar-refractivity contribution in [2.24, 2.45) is 51.0 Å². The highest BCUT2D eigenvalue weighted by Gasteiger charge is 2.42. The molecule has 2 fully saturated rings. The predicted octanol–water partition coefficient (Wildman–Crippen LogP) is -3.39. The Balaban J connectivity index is 1.64. The number of carboxylic acids is 1. The van der Waals surface area contributed by atoms with Gasteiger partial charge in [0.2, 0.25) is 65.0 Å². The number of unbranched alkanes of at least 4 members (excludes halogenated alkanes) is 3. The Morgan fingerprint density at radius 2 is 0.936 bits per heavy atom. The molecule has 0 aliphatic carbocycles. The first-order valence-corrected chi connectivity index (χ1v) is 38.8.